The Labute approximate surface area is 157 Å². The second-order valence-electron chi connectivity index (χ2n) is 6.90. The zero-order valence-corrected chi connectivity index (χ0v) is 16.1. The van der Waals surface area contributed by atoms with E-state index < -0.39 is 5.91 Å². The van der Waals surface area contributed by atoms with Gasteiger partial charge < -0.3 is 5.11 Å². The fourth-order valence-corrected chi connectivity index (χ4v) is 2.92. The molecule has 0 spiro atoms. The van der Waals surface area contributed by atoms with Gasteiger partial charge in [-0.25, -0.2) is 10.9 Å². The molecule has 3 N–H and O–H groups in total. The first-order chi connectivity index (χ1) is 12.6. The van der Waals surface area contributed by atoms with Crippen LogP contribution in [0.3, 0.4) is 0 Å². The number of unbranched alkanes of at least 4 members (excludes halogenated alkanes) is 10. The minimum Gasteiger partial charge on any atom is -0.508 e. The molecule has 0 aliphatic carbocycles. The van der Waals surface area contributed by atoms with Crippen molar-refractivity contribution < 1.29 is 14.7 Å². The zero-order valence-electron chi connectivity index (χ0n) is 16.1. The van der Waals surface area contributed by atoms with E-state index in [0.29, 0.717) is 5.01 Å². The molecule has 1 rings (SSSR count). The van der Waals surface area contributed by atoms with Crippen LogP contribution >= 0.6 is 0 Å². The van der Waals surface area contributed by atoms with Gasteiger partial charge in [-0.2, -0.15) is 0 Å². The Morgan fingerprint density at radius 1 is 0.846 bits per heavy atom. The number of aromatic hydroxyl groups is 1. The highest BCUT2D eigenvalue weighted by Crippen LogP contribution is 2.13. The summed E-state index contributed by atoms with van der Waals surface area (Å²) < 4.78 is 0. The lowest BCUT2D eigenvalue weighted by Gasteiger charge is -2.14. The standard InChI is InChI=1S/C21H34N2O3/c1-2-3-4-5-6-7-8-9-10-11-12-13-20(25)23(22)21(26)18-14-16-19(24)17-15-18/h14-17,24H,2-13,22H2,1H3. The van der Waals surface area contributed by atoms with Crippen molar-refractivity contribution in [2.24, 2.45) is 5.84 Å². The van der Waals surface area contributed by atoms with Crippen molar-refractivity contribution in [2.45, 2.75) is 84.0 Å². The average molecular weight is 363 g/mol. The smallest absolute Gasteiger partial charge is 0.274 e. The number of carbonyl (C=O) groups is 2. The zero-order chi connectivity index (χ0) is 19.2. The van der Waals surface area contributed by atoms with E-state index in [2.05, 4.69) is 6.92 Å². The van der Waals surface area contributed by atoms with Gasteiger partial charge in [0.2, 0.25) is 5.91 Å². The van der Waals surface area contributed by atoms with Crippen molar-refractivity contribution >= 4 is 11.8 Å². The first-order valence-corrected chi connectivity index (χ1v) is 9.97. The van der Waals surface area contributed by atoms with E-state index >= 15 is 0 Å². The first-order valence-electron chi connectivity index (χ1n) is 9.97. The third-order valence-electron chi connectivity index (χ3n) is 4.60. The van der Waals surface area contributed by atoms with Gasteiger partial charge in [0.15, 0.2) is 0 Å². The molecular formula is C21H34N2O3. The summed E-state index contributed by atoms with van der Waals surface area (Å²) in [5.41, 5.74) is 0.289. The van der Waals surface area contributed by atoms with Gasteiger partial charge in [-0.3, -0.25) is 9.59 Å². The van der Waals surface area contributed by atoms with Gasteiger partial charge in [-0.1, -0.05) is 71.1 Å². The number of phenolic OH excluding ortho intramolecular Hbond substituents is 1. The predicted octanol–water partition coefficient (Wildman–Crippen LogP) is 4.94. The molecule has 0 aliphatic heterocycles. The maximum absolute atomic E-state index is 12.1. The number of benzene rings is 1. The molecule has 2 amide bonds. The van der Waals surface area contributed by atoms with Gasteiger partial charge in [0, 0.05) is 12.0 Å². The van der Waals surface area contributed by atoms with Crippen LogP contribution in [0.5, 0.6) is 5.75 Å². The van der Waals surface area contributed by atoms with Gasteiger partial charge in [-0.05, 0) is 30.7 Å². The lowest BCUT2D eigenvalue weighted by Crippen LogP contribution is -2.42. The Balaban J connectivity index is 2.09. The summed E-state index contributed by atoms with van der Waals surface area (Å²) in [7, 11) is 0. The fourth-order valence-electron chi connectivity index (χ4n) is 2.92. The molecule has 0 saturated heterocycles. The minimum absolute atomic E-state index is 0.0670. The average Bonchev–Trinajstić information content (AvgIpc) is 2.65. The van der Waals surface area contributed by atoms with E-state index in [-0.39, 0.29) is 23.6 Å². The summed E-state index contributed by atoms with van der Waals surface area (Å²) in [6, 6.07) is 5.70. The molecule has 0 saturated carbocycles. The molecule has 1 aromatic rings. The van der Waals surface area contributed by atoms with Crippen LogP contribution in [0, 0.1) is 0 Å². The number of hydrogen-bond acceptors (Lipinski definition) is 4. The van der Waals surface area contributed by atoms with Gasteiger partial charge in [0.1, 0.15) is 5.75 Å². The lowest BCUT2D eigenvalue weighted by atomic mass is 10.1. The van der Waals surface area contributed by atoms with Crippen LogP contribution in [0.15, 0.2) is 24.3 Å². The molecule has 0 unspecified atom stereocenters. The van der Waals surface area contributed by atoms with E-state index in [0.717, 1.165) is 19.3 Å². The molecule has 5 nitrogen and oxygen atoms in total. The number of hydrogen-bond donors (Lipinski definition) is 2. The Hall–Kier alpha value is -1.88. The summed E-state index contributed by atoms with van der Waals surface area (Å²) in [5.74, 6) is 4.79. The second kappa shape index (κ2) is 13.3. The van der Waals surface area contributed by atoms with Gasteiger partial charge in [-0.15, -0.1) is 0 Å². The van der Waals surface area contributed by atoms with Crippen molar-refractivity contribution in [3.8, 4) is 5.75 Å². The van der Waals surface area contributed by atoms with E-state index in [1.165, 1.54) is 75.6 Å². The maximum Gasteiger partial charge on any atom is 0.274 e. The summed E-state index contributed by atoms with van der Waals surface area (Å²) in [5, 5.41) is 9.92. The third-order valence-corrected chi connectivity index (χ3v) is 4.60. The molecule has 0 bridgehead atoms. The maximum atomic E-state index is 12.1. The molecule has 0 heterocycles. The molecular weight excluding hydrogens is 328 g/mol. The number of carbonyl (C=O) groups excluding carboxylic acids is 2. The molecule has 0 fully saturated rings. The Kier molecular flexibility index (Phi) is 11.4. The normalized spacial score (nSPS) is 10.7. The van der Waals surface area contributed by atoms with Gasteiger partial charge in [0.05, 0.1) is 0 Å². The van der Waals surface area contributed by atoms with Crippen molar-refractivity contribution in [3.05, 3.63) is 29.8 Å². The van der Waals surface area contributed by atoms with Gasteiger partial charge >= 0.3 is 0 Å². The molecule has 5 heteroatoms. The van der Waals surface area contributed by atoms with E-state index in [4.69, 9.17) is 5.84 Å². The van der Waals surface area contributed by atoms with E-state index in [9.17, 15) is 14.7 Å². The van der Waals surface area contributed by atoms with Crippen molar-refractivity contribution in [1.82, 2.24) is 5.01 Å². The molecule has 0 aromatic heterocycles. The molecule has 26 heavy (non-hydrogen) atoms. The monoisotopic (exact) mass is 362 g/mol. The van der Waals surface area contributed by atoms with Crippen LogP contribution in [0.4, 0.5) is 0 Å². The summed E-state index contributed by atoms with van der Waals surface area (Å²) in [4.78, 5) is 24.1. The highest BCUT2D eigenvalue weighted by Gasteiger charge is 2.18. The molecule has 0 aliphatic rings. The topological polar surface area (TPSA) is 83.6 Å². The Morgan fingerprint density at radius 3 is 1.81 bits per heavy atom. The SMILES string of the molecule is CCCCCCCCCCCCCC(=O)N(N)C(=O)c1ccc(O)cc1. The number of rotatable bonds is 13. The highest BCUT2D eigenvalue weighted by molar-refractivity contribution is 6.04. The largest absolute Gasteiger partial charge is 0.508 e. The number of nitrogens with zero attached hydrogens (tertiary/aromatic N) is 1. The first kappa shape index (κ1) is 22.2. The van der Waals surface area contributed by atoms with Crippen LogP contribution < -0.4 is 5.84 Å². The lowest BCUT2D eigenvalue weighted by molar-refractivity contribution is -0.129. The van der Waals surface area contributed by atoms with Gasteiger partial charge in [0.25, 0.3) is 5.91 Å². The second-order valence-corrected chi connectivity index (χ2v) is 6.90. The highest BCUT2D eigenvalue weighted by atomic mass is 16.3. The summed E-state index contributed by atoms with van der Waals surface area (Å²) >= 11 is 0. The van der Waals surface area contributed by atoms with Crippen LogP contribution in [0.25, 0.3) is 0 Å². The fraction of sp³-hybridized carbons (Fsp3) is 0.619. The van der Waals surface area contributed by atoms with E-state index in [1.54, 1.807) is 0 Å². The number of amides is 2. The third kappa shape index (κ3) is 8.99. The molecule has 146 valence electrons. The van der Waals surface area contributed by atoms with E-state index in [1.807, 2.05) is 0 Å². The number of hydrazine groups is 1. The van der Waals surface area contributed by atoms with Crippen LogP contribution in [-0.4, -0.2) is 21.9 Å². The van der Waals surface area contributed by atoms with Crippen LogP contribution in [-0.2, 0) is 4.79 Å². The predicted molar refractivity (Wildman–Crippen MR) is 105 cm³/mol. The summed E-state index contributed by atoms with van der Waals surface area (Å²) in [6.07, 6.45) is 13.6. The number of phenols is 1. The number of nitrogens with two attached hydrogens (primary N) is 1. The molecule has 1 aromatic carbocycles. The van der Waals surface area contributed by atoms with Crippen molar-refractivity contribution in [2.75, 3.05) is 0 Å². The summed E-state index contributed by atoms with van der Waals surface area (Å²) in [6.45, 7) is 2.23. The Morgan fingerprint density at radius 2 is 1.31 bits per heavy atom. The van der Waals surface area contributed by atoms with Crippen molar-refractivity contribution in [3.63, 3.8) is 0 Å². The van der Waals surface area contributed by atoms with Crippen LogP contribution in [0.2, 0.25) is 0 Å². The van der Waals surface area contributed by atoms with Crippen LogP contribution in [0.1, 0.15) is 94.3 Å². The molecule has 0 atom stereocenters. The Bertz CT molecular complexity index is 529. The van der Waals surface area contributed by atoms with Crippen molar-refractivity contribution in [1.29, 1.82) is 0 Å². The molecule has 0 radical (unpaired) electrons. The quantitative estimate of drug-likeness (QED) is 0.225. The number of imide groups is 1. The minimum atomic E-state index is -0.543.